The van der Waals surface area contributed by atoms with Gasteiger partial charge in [0.25, 0.3) is 0 Å². The maximum atomic E-state index is 12.8. The number of aryl methyl sites for hydroxylation is 3. The van der Waals surface area contributed by atoms with Gasteiger partial charge in [-0.1, -0.05) is 24.6 Å². The molecule has 0 aromatic heterocycles. The van der Waals surface area contributed by atoms with Gasteiger partial charge in [-0.05, 0) is 56.2 Å². The summed E-state index contributed by atoms with van der Waals surface area (Å²) in [6.07, 6.45) is 3.47. The zero-order valence-electron chi connectivity index (χ0n) is 13.2. The fourth-order valence-electron chi connectivity index (χ4n) is 4.23. The van der Waals surface area contributed by atoms with Gasteiger partial charge in [0, 0.05) is 6.54 Å². The first-order valence-electron chi connectivity index (χ1n) is 8.13. The monoisotopic (exact) mass is 287 g/mol. The van der Waals surface area contributed by atoms with Gasteiger partial charge in [-0.15, -0.1) is 0 Å². The summed E-state index contributed by atoms with van der Waals surface area (Å²) in [6.45, 7) is 7.09. The van der Waals surface area contributed by atoms with Crippen LogP contribution in [-0.4, -0.2) is 34.6 Å². The molecule has 3 rings (SSSR count). The molecule has 1 aromatic rings. The highest BCUT2D eigenvalue weighted by atomic mass is 16.3. The molecule has 3 heteroatoms. The summed E-state index contributed by atoms with van der Waals surface area (Å²) in [5, 5.41) is 10.8. The van der Waals surface area contributed by atoms with Gasteiger partial charge in [0.1, 0.15) is 0 Å². The molecule has 1 N–H and O–H groups in total. The van der Waals surface area contributed by atoms with Crippen LogP contribution in [0.5, 0.6) is 0 Å². The lowest BCUT2D eigenvalue weighted by molar-refractivity contribution is -0.130. The van der Waals surface area contributed by atoms with Gasteiger partial charge in [0.15, 0.2) is 0 Å². The summed E-state index contributed by atoms with van der Waals surface area (Å²) in [7, 11) is 0. The van der Waals surface area contributed by atoms with Crippen LogP contribution in [0.15, 0.2) is 12.1 Å². The smallest absolute Gasteiger partial charge is 0.233 e. The minimum atomic E-state index is -0.551. The molecule has 3 nitrogen and oxygen atoms in total. The second kappa shape index (κ2) is 5.45. The highest BCUT2D eigenvalue weighted by molar-refractivity contribution is 5.88. The molecule has 0 bridgehead atoms. The van der Waals surface area contributed by atoms with E-state index in [1.807, 2.05) is 4.90 Å². The predicted octanol–water partition coefficient (Wildman–Crippen LogP) is 2.71. The third kappa shape index (κ3) is 2.28. The van der Waals surface area contributed by atoms with E-state index in [1.54, 1.807) is 0 Å². The van der Waals surface area contributed by atoms with E-state index in [0.717, 1.165) is 43.4 Å². The number of piperidine rings is 1. The molecule has 3 atom stereocenters. The van der Waals surface area contributed by atoms with Crippen molar-refractivity contribution in [3.8, 4) is 0 Å². The van der Waals surface area contributed by atoms with Crippen molar-refractivity contribution in [2.45, 2.75) is 64.5 Å². The topological polar surface area (TPSA) is 40.5 Å². The molecule has 0 saturated carbocycles. The largest absolute Gasteiger partial charge is 0.390 e. The number of carbonyl (C=O) groups is 1. The fourth-order valence-corrected chi connectivity index (χ4v) is 4.23. The quantitative estimate of drug-likeness (QED) is 0.908. The summed E-state index contributed by atoms with van der Waals surface area (Å²) in [5.41, 5.74) is 4.66. The van der Waals surface area contributed by atoms with Crippen molar-refractivity contribution < 1.29 is 9.90 Å². The van der Waals surface area contributed by atoms with Gasteiger partial charge in [0.2, 0.25) is 5.91 Å². The number of hydrogen-bond donors (Lipinski definition) is 1. The van der Waals surface area contributed by atoms with Crippen molar-refractivity contribution in [3.05, 3.63) is 34.4 Å². The molecule has 3 unspecified atom stereocenters. The number of benzene rings is 1. The van der Waals surface area contributed by atoms with Crippen molar-refractivity contribution in [1.29, 1.82) is 0 Å². The van der Waals surface area contributed by atoms with Crippen LogP contribution in [0, 0.1) is 13.8 Å². The Labute approximate surface area is 127 Å². The maximum Gasteiger partial charge on any atom is 0.233 e. The van der Waals surface area contributed by atoms with Crippen molar-refractivity contribution in [3.63, 3.8) is 0 Å². The fraction of sp³-hybridized carbons (Fsp3) is 0.611. The van der Waals surface area contributed by atoms with E-state index in [-0.39, 0.29) is 17.9 Å². The zero-order chi connectivity index (χ0) is 15.1. The van der Waals surface area contributed by atoms with E-state index < -0.39 is 6.10 Å². The molecule has 0 radical (unpaired) electrons. The Morgan fingerprint density at radius 2 is 2.05 bits per heavy atom. The van der Waals surface area contributed by atoms with Gasteiger partial charge in [-0.2, -0.15) is 0 Å². The van der Waals surface area contributed by atoms with Crippen LogP contribution in [0.4, 0.5) is 0 Å². The summed E-state index contributed by atoms with van der Waals surface area (Å²) < 4.78 is 0. The molecule has 0 aliphatic carbocycles. The number of amides is 1. The number of aliphatic hydroxyl groups is 1. The van der Waals surface area contributed by atoms with E-state index in [4.69, 9.17) is 0 Å². The number of carbonyl (C=O) groups excluding carboxylic acids is 1. The first-order chi connectivity index (χ1) is 10.0. The van der Waals surface area contributed by atoms with Gasteiger partial charge in [-0.25, -0.2) is 0 Å². The Balaban J connectivity index is 2.06. The van der Waals surface area contributed by atoms with Crippen LogP contribution >= 0.6 is 0 Å². The lowest BCUT2D eigenvalue weighted by Gasteiger charge is -2.30. The highest BCUT2D eigenvalue weighted by Gasteiger charge is 2.49. The van der Waals surface area contributed by atoms with Gasteiger partial charge < -0.3 is 10.0 Å². The minimum absolute atomic E-state index is 0.0293. The molecule has 21 heavy (non-hydrogen) atoms. The van der Waals surface area contributed by atoms with E-state index >= 15 is 0 Å². The first kappa shape index (κ1) is 14.6. The molecule has 2 saturated heterocycles. The second-order valence-electron chi connectivity index (χ2n) is 6.57. The van der Waals surface area contributed by atoms with Crippen LogP contribution in [0.1, 0.15) is 54.4 Å². The molecule has 1 amide bonds. The third-order valence-corrected chi connectivity index (χ3v) is 5.14. The van der Waals surface area contributed by atoms with Crippen molar-refractivity contribution in [2.75, 3.05) is 6.54 Å². The third-order valence-electron chi connectivity index (χ3n) is 5.14. The average Bonchev–Trinajstić information content (AvgIpc) is 2.71. The van der Waals surface area contributed by atoms with E-state index in [1.165, 1.54) is 11.1 Å². The highest BCUT2D eigenvalue weighted by Crippen LogP contribution is 2.40. The van der Waals surface area contributed by atoms with E-state index in [9.17, 15) is 9.90 Å². The molecule has 2 heterocycles. The SMILES string of the molecule is CCc1cc(C)cc(C)c1C1C(=O)N2CCCCC2C1O. The summed E-state index contributed by atoms with van der Waals surface area (Å²) in [6, 6.07) is 4.33. The van der Waals surface area contributed by atoms with Gasteiger partial charge in [0.05, 0.1) is 18.1 Å². The minimum Gasteiger partial charge on any atom is -0.390 e. The normalized spacial score (nSPS) is 28.9. The van der Waals surface area contributed by atoms with Crippen molar-refractivity contribution in [2.24, 2.45) is 0 Å². The van der Waals surface area contributed by atoms with Crippen LogP contribution in [0.2, 0.25) is 0 Å². The Morgan fingerprint density at radius 3 is 2.71 bits per heavy atom. The standard InChI is InChI=1S/C18H25NO2/c1-4-13-10-11(2)9-12(3)15(13)16-17(20)14-7-5-6-8-19(14)18(16)21/h9-10,14,16-17,20H,4-8H2,1-3H3. The lowest BCUT2D eigenvalue weighted by atomic mass is 9.84. The number of nitrogens with zero attached hydrogens (tertiary/aromatic N) is 1. The summed E-state index contributed by atoms with van der Waals surface area (Å²) in [5.74, 6) is -0.225. The van der Waals surface area contributed by atoms with Crippen LogP contribution < -0.4 is 0 Å². The number of aliphatic hydroxyl groups excluding tert-OH is 1. The Hall–Kier alpha value is -1.35. The second-order valence-corrected chi connectivity index (χ2v) is 6.57. The Bertz CT molecular complexity index is 567. The Morgan fingerprint density at radius 1 is 1.29 bits per heavy atom. The van der Waals surface area contributed by atoms with Crippen LogP contribution in [-0.2, 0) is 11.2 Å². The van der Waals surface area contributed by atoms with Gasteiger partial charge in [-0.3, -0.25) is 4.79 Å². The van der Waals surface area contributed by atoms with Crippen molar-refractivity contribution >= 4 is 5.91 Å². The molecule has 114 valence electrons. The molecule has 2 aliphatic rings. The van der Waals surface area contributed by atoms with Crippen LogP contribution in [0.25, 0.3) is 0 Å². The lowest BCUT2D eigenvalue weighted by Crippen LogP contribution is -2.40. The molecular weight excluding hydrogens is 262 g/mol. The maximum absolute atomic E-state index is 12.8. The predicted molar refractivity (Wildman–Crippen MR) is 83.4 cm³/mol. The molecule has 0 spiro atoms. The van der Waals surface area contributed by atoms with Crippen LogP contribution in [0.3, 0.4) is 0 Å². The van der Waals surface area contributed by atoms with Crippen molar-refractivity contribution in [1.82, 2.24) is 4.90 Å². The average molecular weight is 287 g/mol. The molecular formula is C18H25NO2. The number of fused-ring (bicyclic) bond motifs is 1. The van der Waals surface area contributed by atoms with E-state index in [2.05, 4.69) is 32.9 Å². The number of rotatable bonds is 2. The Kier molecular flexibility index (Phi) is 3.78. The summed E-state index contributed by atoms with van der Waals surface area (Å²) >= 11 is 0. The van der Waals surface area contributed by atoms with Gasteiger partial charge >= 0.3 is 0 Å². The first-order valence-corrected chi connectivity index (χ1v) is 8.13. The number of hydrogen-bond acceptors (Lipinski definition) is 2. The molecule has 2 aliphatic heterocycles. The molecule has 2 fully saturated rings. The zero-order valence-corrected chi connectivity index (χ0v) is 13.2. The molecule has 1 aromatic carbocycles. The van der Waals surface area contributed by atoms with E-state index in [0.29, 0.717) is 0 Å². The summed E-state index contributed by atoms with van der Waals surface area (Å²) in [4.78, 5) is 14.7.